The van der Waals surface area contributed by atoms with Crippen molar-refractivity contribution in [3.05, 3.63) is 82.7 Å². The van der Waals surface area contributed by atoms with Gasteiger partial charge in [0.05, 0.1) is 15.2 Å². The molecule has 0 atom stereocenters. The van der Waals surface area contributed by atoms with Gasteiger partial charge in [-0.15, -0.1) is 11.3 Å². The van der Waals surface area contributed by atoms with Crippen LogP contribution in [-0.4, -0.2) is 40.8 Å². The maximum atomic E-state index is 13.2. The van der Waals surface area contributed by atoms with Crippen molar-refractivity contribution >= 4 is 33.0 Å². The summed E-state index contributed by atoms with van der Waals surface area (Å²) in [6, 6.07) is 6.22. The van der Waals surface area contributed by atoms with Gasteiger partial charge in [0.25, 0.3) is 5.91 Å². The Balaban J connectivity index is 1.46. The smallest absolute Gasteiger partial charge is 0.255 e. The van der Waals surface area contributed by atoms with E-state index in [2.05, 4.69) is 35.1 Å². The Morgan fingerprint density at radius 2 is 1.97 bits per heavy atom. The van der Waals surface area contributed by atoms with Crippen LogP contribution in [0.1, 0.15) is 23.4 Å². The molecular weight excluding hydrogens is 390 g/mol. The normalized spacial score (nSPS) is 22.3. The number of benzene rings is 1. The summed E-state index contributed by atoms with van der Waals surface area (Å²) in [4.78, 5) is 21.9. The third kappa shape index (κ3) is 3.71. The first-order valence-electron chi connectivity index (χ1n) is 10.5. The Labute approximate surface area is 181 Å². The van der Waals surface area contributed by atoms with Crippen LogP contribution >= 0.6 is 11.3 Å². The van der Waals surface area contributed by atoms with Crippen molar-refractivity contribution in [1.82, 2.24) is 14.8 Å². The number of hydrogen-bond acceptors (Lipinski definition) is 4. The second-order valence-electron chi connectivity index (χ2n) is 8.21. The zero-order valence-corrected chi connectivity index (χ0v) is 18.2. The Bertz CT molecular complexity index is 1160. The van der Waals surface area contributed by atoms with Gasteiger partial charge in [-0.05, 0) is 86.8 Å². The summed E-state index contributed by atoms with van der Waals surface area (Å²) < 4.78 is 1.15. The third-order valence-corrected chi connectivity index (χ3v) is 7.01. The molecule has 0 N–H and O–H groups in total. The molecule has 0 unspecified atom stereocenters. The lowest BCUT2D eigenvalue weighted by Crippen LogP contribution is -2.32. The Hall–Kier alpha value is -2.76. The second kappa shape index (κ2) is 7.82. The van der Waals surface area contributed by atoms with E-state index < -0.39 is 0 Å². The largest absolute Gasteiger partial charge is 0.306 e. The number of carbonyl (C=O) groups excluding carboxylic acids is 1. The van der Waals surface area contributed by atoms with E-state index in [-0.39, 0.29) is 5.91 Å². The molecule has 0 radical (unpaired) electrons. The molecule has 0 aliphatic carbocycles. The second-order valence-corrected chi connectivity index (χ2v) is 9.45. The molecule has 0 spiro atoms. The van der Waals surface area contributed by atoms with Crippen molar-refractivity contribution in [2.24, 2.45) is 5.92 Å². The predicted octanol–water partition coefficient (Wildman–Crippen LogP) is 5.07. The first kappa shape index (κ1) is 19.2. The first-order valence-corrected chi connectivity index (χ1v) is 11.3. The van der Waals surface area contributed by atoms with Crippen LogP contribution in [0.25, 0.3) is 15.8 Å². The van der Waals surface area contributed by atoms with Crippen LogP contribution < -0.4 is 0 Å². The molecule has 3 aliphatic heterocycles. The van der Waals surface area contributed by atoms with Crippen LogP contribution in [0.15, 0.2) is 72.1 Å². The summed E-state index contributed by atoms with van der Waals surface area (Å²) in [5.74, 6) is 0.518. The minimum atomic E-state index is -0.00374. The molecule has 4 nitrogen and oxygen atoms in total. The quantitative estimate of drug-likeness (QED) is 0.687. The van der Waals surface area contributed by atoms with Gasteiger partial charge in [0.2, 0.25) is 0 Å². The minimum Gasteiger partial charge on any atom is -0.306 e. The third-order valence-electron chi connectivity index (χ3n) is 6.08. The van der Waals surface area contributed by atoms with Crippen molar-refractivity contribution in [2.45, 2.75) is 19.8 Å². The van der Waals surface area contributed by atoms with Gasteiger partial charge in [0.15, 0.2) is 0 Å². The van der Waals surface area contributed by atoms with Gasteiger partial charge in [-0.1, -0.05) is 24.3 Å². The maximum Gasteiger partial charge on any atom is 0.255 e. The van der Waals surface area contributed by atoms with Crippen molar-refractivity contribution < 1.29 is 4.79 Å². The molecule has 5 heteroatoms. The molecule has 152 valence electrons. The Morgan fingerprint density at radius 1 is 1.13 bits per heavy atom. The number of piperidine rings is 1. The molecule has 30 heavy (non-hydrogen) atoms. The zero-order valence-electron chi connectivity index (χ0n) is 17.3. The van der Waals surface area contributed by atoms with E-state index in [9.17, 15) is 4.79 Å². The van der Waals surface area contributed by atoms with E-state index in [1.54, 1.807) is 22.3 Å². The average Bonchev–Trinajstić information content (AvgIpc) is 3.11. The highest BCUT2D eigenvalue weighted by atomic mass is 32.1. The number of fused-ring (bicyclic) bond motifs is 2. The van der Waals surface area contributed by atoms with E-state index in [4.69, 9.17) is 0 Å². The lowest BCUT2D eigenvalue weighted by Gasteiger charge is -2.32. The van der Waals surface area contributed by atoms with Crippen LogP contribution in [0.2, 0.25) is 0 Å². The standard InChI is InChI=1S/C25H25N3OS/c1-17-26-23-9-7-20(14-24(23)30-17)19-4-3-5-22-8-6-21(16-28(22)25(29)15-19)18-10-12-27(2)13-11-18/h3-9,14-16,18H,10-13H2,1-2H3/b4-3?,19-15?,22-5+. The van der Waals surface area contributed by atoms with E-state index in [1.807, 2.05) is 43.5 Å². The van der Waals surface area contributed by atoms with Crippen molar-refractivity contribution in [2.75, 3.05) is 20.1 Å². The summed E-state index contributed by atoms with van der Waals surface area (Å²) in [6.07, 6.45) is 16.4. The highest BCUT2D eigenvalue weighted by Gasteiger charge is 2.24. The lowest BCUT2D eigenvalue weighted by molar-refractivity contribution is -0.122. The molecule has 0 saturated carbocycles. The SMILES string of the molecule is Cc1nc2ccc(C3=CC(=O)N4C=C(C5CCN(C)CC5)C=C/C4=C\C=C3)cc2s1. The molecule has 4 heterocycles. The van der Waals surface area contributed by atoms with E-state index in [0.717, 1.165) is 58.0 Å². The summed E-state index contributed by atoms with van der Waals surface area (Å²) in [7, 11) is 2.17. The van der Waals surface area contributed by atoms with Crippen molar-refractivity contribution in [3.8, 4) is 0 Å². The average molecular weight is 416 g/mol. The number of carbonyl (C=O) groups is 1. The Kier molecular flexibility index (Phi) is 5.01. The van der Waals surface area contributed by atoms with Crippen molar-refractivity contribution in [3.63, 3.8) is 0 Å². The number of allylic oxidation sites excluding steroid dienone is 7. The predicted molar refractivity (Wildman–Crippen MR) is 124 cm³/mol. The molecule has 1 saturated heterocycles. The van der Waals surface area contributed by atoms with Gasteiger partial charge in [-0.2, -0.15) is 0 Å². The maximum absolute atomic E-state index is 13.2. The molecule has 1 amide bonds. The van der Waals surface area contributed by atoms with Crippen LogP contribution in [0.5, 0.6) is 0 Å². The fraction of sp³-hybridized carbons (Fsp3) is 0.280. The summed E-state index contributed by atoms with van der Waals surface area (Å²) in [5, 5.41) is 1.06. The number of hydrogen-bond donors (Lipinski definition) is 0. The number of aryl methyl sites for hydroxylation is 1. The van der Waals surface area contributed by atoms with Gasteiger partial charge in [0, 0.05) is 18.0 Å². The van der Waals surface area contributed by atoms with Gasteiger partial charge >= 0.3 is 0 Å². The van der Waals surface area contributed by atoms with Crippen LogP contribution in [0, 0.1) is 12.8 Å². The van der Waals surface area contributed by atoms with E-state index >= 15 is 0 Å². The molecule has 1 fully saturated rings. The van der Waals surface area contributed by atoms with Crippen LogP contribution in [-0.2, 0) is 4.79 Å². The number of likely N-dealkylation sites (tertiary alicyclic amines) is 1. The van der Waals surface area contributed by atoms with Crippen LogP contribution in [0.3, 0.4) is 0 Å². The van der Waals surface area contributed by atoms with E-state index in [1.165, 1.54) is 5.57 Å². The topological polar surface area (TPSA) is 36.4 Å². The van der Waals surface area contributed by atoms with Gasteiger partial charge in [-0.25, -0.2) is 4.98 Å². The van der Waals surface area contributed by atoms with Gasteiger partial charge in [-0.3, -0.25) is 9.69 Å². The summed E-state index contributed by atoms with van der Waals surface area (Å²) >= 11 is 1.68. The first-order chi connectivity index (χ1) is 14.6. The van der Waals surface area contributed by atoms with Crippen molar-refractivity contribution in [1.29, 1.82) is 0 Å². The fourth-order valence-corrected chi connectivity index (χ4v) is 5.21. The summed E-state index contributed by atoms with van der Waals surface area (Å²) in [5.41, 5.74) is 5.15. The van der Waals surface area contributed by atoms with Gasteiger partial charge in [0.1, 0.15) is 0 Å². The number of thiazole rings is 1. The molecule has 1 aromatic carbocycles. The number of nitrogens with zero attached hydrogens (tertiary/aromatic N) is 3. The molecule has 1 aromatic heterocycles. The number of amides is 1. The summed E-state index contributed by atoms with van der Waals surface area (Å²) in [6.45, 7) is 4.24. The van der Waals surface area contributed by atoms with Crippen LogP contribution in [0.4, 0.5) is 0 Å². The molecule has 0 bridgehead atoms. The van der Waals surface area contributed by atoms with Gasteiger partial charge < -0.3 is 4.90 Å². The number of aromatic nitrogens is 1. The monoisotopic (exact) mass is 415 g/mol. The lowest BCUT2D eigenvalue weighted by atomic mass is 9.88. The molecule has 3 aliphatic rings. The Morgan fingerprint density at radius 3 is 2.80 bits per heavy atom. The van der Waals surface area contributed by atoms with E-state index in [0.29, 0.717) is 5.92 Å². The fourth-order valence-electron chi connectivity index (χ4n) is 4.34. The highest BCUT2D eigenvalue weighted by Crippen LogP contribution is 2.31. The number of rotatable bonds is 2. The zero-order chi connectivity index (χ0) is 20.7. The molecular formula is C25H25N3OS. The molecule has 5 rings (SSSR count). The highest BCUT2D eigenvalue weighted by molar-refractivity contribution is 7.18. The minimum absolute atomic E-state index is 0.00374. The molecule has 2 aromatic rings.